The first kappa shape index (κ1) is 15.2. The van der Waals surface area contributed by atoms with Crippen LogP contribution in [0.25, 0.3) is 0 Å². The second kappa shape index (κ2) is 6.51. The zero-order chi connectivity index (χ0) is 14.6. The molecule has 1 saturated heterocycles. The van der Waals surface area contributed by atoms with Crippen molar-refractivity contribution in [3.8, 4) is 0 Å². The van der Waals surface area contributed by atoms with E-state index in [0.717, 1.165) is 6.42 Å². The number of aromatic nitrogens is 2. The van der Waals surface area contributed by atoms with Crippen LogP contribution in [0.3, 0.4) is 0 Å². The SMILES string of the molecule is COC1CNC(c2nc(CCOCC(F)(F)F)no2)C1. The van der Waals surface area contributed by atoms with Crippen molar-refractivity contribution in [2.45, 2.75) is 31.2 Å². The summed E-state index contributed by atoms with van der Waals surface area (Å²) in [6, 6.07) is -0.0720. The number of methoxy groups -OCH3 is 1. The van der Waals surface area contributed by atoms with Gasteiger partial charge in [0, 0.05) is 20.1 Å². The van der Waals surface area contributed by atoms with Crippen molar-refractivity contribution < 1.29 is 27.2 Å². The van der Waals surface area contributed by atoms with Gasteiger partial charge in [-0.2, -0.15) is 18.2 Å². The summed E-state index contributed by atoms with van der Waals surface area (Å²) < 4.78 is 50.4. The summed E-state index contributed by atoms with van der Waals surface area (Å²) in [6.07, 6.45) is -3.31. The average Bonchev–Trinajstić information content (AvgIpc) is 3.02. The molecule has 0 aromatic carbocycles. The van der Waals surface area contributed by atoms with Gasteiger partial charge in [0.1, 0.15) is 6.61 Å². The normalized spacial score (nSPS) is 23.4. The van der Waals surface area contributed by atoms with Crippen molar-refractivity contribution in [2.24, 2.45) is 0 Å². The minimum Gasteiger partial charge on any atom is -0.380 e. The molecule has 0 spiro atoms. The van der Waals surface area contributed by atoms with E-state index < -0.39 is 12.8 Å². The number of ether oxygens (including phenoxy) is 2. The number of hydrogen-bond acceptors (Lipinski definition) is 6. The Hall–Kier alpha value is -1.19. The monoisotopic (exact) mass is 295 g/mol. The molecular weight excluding hydrogens is 279 g/mol. The molecule has 0 bridgehead atoms. The van der Waals surface area contributed by atoms with E-state index in [0.29, 0.717) is 18.3 Å². The standard InChI is InChI=1S/C11H16F3N3O3/c1-18-7-4-8(15-5-7)10-16-9(17-20-10)2-3-19-6-11(12,13)14/h7-8,15H,2-6H2,1H3. The fourth-order valence-electron chi connectivity index (χ4n) is 1.93. The number of nitrogens with one attached hydrogen (secondary N) is 1. The van der Waals surface area contributed by atoms with Crippen molar-refractivity contribution in [3.63, 3.8) is 0 Å². The molecule has 0 amide bonds. The number of nitrogens with zero attached hydrogens (tertiary/aromatic N) is 2. The Morgan fingerprint density at radius 2 is 2.25 bits per heavy atom. The zero-order valence-corrected chi connectivity index (χ0v) is 10.9. The third-order valence-corrected chi connectivity index (χ3v) is 2.94. The van der Waals surface area contributed by atoms with Crippen LogP contribution >= 0.6 is 0 Å². The van der Waals surface area contributed by atoms with Crippen LogP contribution in [0.15, 0.2) is 4.52 Å². The molecule has 9 heteroatoms. The van der Waals surface area contributed by atoms with Crippen molar-refractivity contribution in [1.82, 2.24) is 15.5 Å². The molecule has 0 saturated carbocycles. The first-order valence-corrected chi connectivity index (χ1v) is 6.21. The van der Waals surface area contributed by atoms with Crippen LogP contribution in [0.4, 0.5) is 13.2 Å². The van der Waals surface area contributed by atoms with Crippen LogP contribution in [0, 0.1) is 0 Å². The van der Waals surface area contributed by atoms with E-state index in [1.807, 2.05) is 0 Å². The summed E-state index contributed by atoms with van der Waals surface area (Å²) >= 11 is 0. The lowest BCUT2D eigenvalue weighted by Crippen LogP contribution is -2.18. The predicted molar refractivity (Wildman–Crippen MR) is 61.0 cm³/mol. The van der Waals surface area contributed by atoms with Crippen molar-refractivity contribution in [2.75, 3.05) is 26.9 Å². The Morgan fingerprint density at radius 1 is 1.45 bits per heavy atom. The number of halogens is 3. The van der Waals surface area contributed by atoms with Crippen LogP contribution in [0.1, 0.15) is 24.2 Å². The van der Waals surface area contributed by atoms with Gasteiger partial charge in [-0.3, -0.25) is 0 Å². The first-order valence-electron chi connectivity index (χ1n) is 6.21. The lowest BCUT2D eigenvalue weighted by Gasteiger charge is -2.05. The fourth-order valence-corrected chi connectivity index (χ4v) is 1.93. The summed E-state index contributed by atoms with van der Waals surface area (Å²) in [6.45, 7) is -0.664. The molecule has 6 nitrogen and oxygen atoms in total. The van der Waals surface area contributed by atoms with Gasteiger partial charge in [-0.1, -0.05) is 5.16 Å². The highest BCUT2D eigenvalue weighted by molar-refractivity contribution is 4.97. The van der Waals surface area contributed by atoms with Crippen LogP contribution in [0.2, 0.25) is 0 Å². The average molecular weight is 295 g/mol. The van der Waals surface area contributed by atoms with E-state index in [2.05, 4.69) is 20.2 Å². The van der Waals surface area contributed by atoms with E-state index in [-0.39, 0.29) is 25.2 Å². The molecule has 2 heterocycles. The molecule has 2 unspecified atom stereocenters. The van der Waals surface area contributed by atoms with E-state index >= 15 is 0 Å². The molecule has 0 aliphatic carbocycles. The third-order valence-electron chi connectivity index (χ3n) is 2.94. The molecule has 1 aliphatic heterocycles. The zero-order valence-electron chi connectivity index (χ0n) is 10.9. The highest BCUT2D eigenvalue weighted by Crippen LogP contribution is 2.23. The van der Waals surface area contributed by atoms with Crippen molar-refractivity contribution in [1.29, 1.82) is 0 Å². The Kier molecular flexibility index (Phi) is 4.95. The van der Waals surface area contributed by atoms with Gasteiger partial charge < -0.3 is 19.3 Å². The van der Waals surface area contributed by atoms with E-state index in [1.165, 1.54) is 0 Å². The van der Waals surface area contributed by atoms with Crippen LogP contribution < -0.4 is 5.32 Å². The number of alkyl halides is 3. The van der Waals surface area contributed by atoms with Gasteiger partial charge in [-0.05, 0) is 6.42 Å². The number of hydrogen-bond donors (Lipinski definition) is 1. The quantitative estimate of drug-likeness (QED) is 0.796. The number of rotatable bonds is 6. The maximum atomic E-state index is 11.9. The van der Waals surface area contributed by atoms with E-state index in [9.17, 15) is 13.2 Å². The first-order chi connectivity index (χ1) is 9.48. The van der Waals surface area contributed by atoms with Gasteiger partial charge in [0.2, 0.25) is 5.89 Å². The van der Waals surface area contributed by atoms with Gasteiger partial charge in [0.05, 0.1) is 18.8 Å². The summed E-state index contributed by atoms with van der Waals surface area (Å²) in [5, 5.41) is 6.89. The minimum absolute atomic E-state index is 0.0720. The molecule has 1 fully saturated rings. The topological polar surface area (TPSA) is 69.4 Å². The van der Waals surface area contributed by atoms with Gasteiger partial charge in [0.15, 0.2) is 5.82 Å². The molecule has 1 N–H and O–H groups in total. The summed E-state index contributed by atoms with van der Waals surface area (Å²) in [4.78, 5) is 4.14. The molecular formula is C11H16F3N3O3. The smallest absolute Gasteiger partial charge is 0.380 e. The summed E-state index contributed by atoms with van der Waals surface area (Å²) in [5.74, 6) is 0.764. The molecule has 2 rings (SSSR count). The molecule has 114 valence electrons. The minimum atomic E-state index is -4.31. The second-order valence-corrected chi connectivity index (χ2v) is 4.52. The highest BCUT2D eigenvalue weighted by Gasteiger charge is 2.29. The molecule has 1 aliphatic rings. The van der Waals surface area contributed by atoms with E-state index in [4.69, 9.17) is 9.26 Å². The molecule has 1 aromatic heterocycles. The lowest BCUT2D eigenvalue weighted by molar-refractivity contribution is -0.173. The Balaban J connectivity index is 1.75. The Morgan fingerprint density at radius 3 is 2.90 bits per heavy atom. The maximum Gasteiger partial charge on any atom is 0.411 e. The second-order valence-electron chi connectivity index (χ2n) is 4.52. The van der Waals surface area contributed by atoms with Crippen molar-refractivity contribution in [3.05, 3.63) is 11.7 Å². The summed E-state index contributed by atoms with van der Waals surface area (Å²) in [7, 11) is 1.63. The Bertz CT molecular complexity index is 425. The lowest BCUT2D eigenvalue weighted by atomic mass is 10.2. The van der Waals surface area contributed by atoms with Crippen molar-refractivity contribution >= 4 is 0 Å². The van der Waals surface area contributed by atoms with Crippen LogP contribution in [0.5, 0.6) is 0 Å². The van der Waals surface area contributed by atoms with Gasteiger partial charge in [-0.15, -0.1) is 0 Å². The largest absolute Gasteiger partial charge is 0.411 e. The van der Waals surface area contributed by atoms with Crippen LogP contribution in [-0.4, -0.2) is 49.3 Å². The maximum absolute atomic E-state index is 11.9. The molecule has 1 aromatic rings. The fraction of sp³-hybridized carbons (Fsp3) is 0.818. The van der Waals surface area contributed by atoms with E-state index in [1.54, 1.807) is 7.11 Å². The molecule has 0 radical (unpaired) electrons. The van der Waals surface area contributed by atoms with Gasteiger partial charge in [-0.25, -0.2) is 0 Å². The van der Waals surface area contributed by atoms with Gasteiger partial charge >= 0.3 is 6.18 Å². The molecule has 2 atom stereocenters. The third kappa shape index (κ3) is 4.43. The summed E-state index contributed by atoms with van der Waals surface area (Å²) in [5.41, 5.74) is 0. The molecule has 20 heavy (non-hydrogen) atoms. The van der Waals surface area contributed by atoms with Crippen LogP contribution in [-0.2, 0) is 15.9 Å². The van der Waals surface area contributed by atoms with Gasteiger partial charge in [0.25, 0.3) is 0 Å². The Labute approximate surface area is 113 Å². The highest BCUT2D eigenvalue weighted by atomic mass is 19.4. The predicted octanol–water partition coefficient (Wildman–Crippen LogP) is 1.24.